The summed E-state index contributed by atoms with van der Waals surface area (Å²) >= 11 is 1.51. The number of carbonyl (C=O) groups is 1. The Morgan fingerprint density at radius 1 is 1.15 bits per heavy atom. The number of ketones is 1. The van der Waals surface area contributed by atoms with Gasteiger partial charge in [0.05, 0.1) is 5.56 Å². The van der Waals surface area contributed by atoms with E-state index in [2.05, 4.69) is 0 Å². The minimum Gasteiger partial charge on any atom is -0.287 e. The molecule has 0 aliphatic heterocycles. The average Bonchev–Trinajstić information content (AvgIpc) is 2.82. The summed E-state index contributed by atoms with van der Waals surface area (Å²) in [6.07, 6.45) is 0. The van der Waals surface area contributed by atoms with Gasteiger partial charge in [-0.05, 0) is 18.2 Å². The number of rotatable bonds is 3. The van der Waals surface area contributed by atoms with Crippen LogP contribution in [0.25, 0.3) is 10.2 Å². The number of para-hydroxylation sites is 1. The topological polar surface area (TPSA) is 20.9 Å². The number of fused-ring (bicyclic) bond motifs is 1. The van der Waals surface area contributed by atoms with Crippen LogP contribution in [0.5, 0.6) is 0 Å². The molecule has 3 aromatic rings. The molecule has 0 aliphatic rings. The number of hydrogen-bond acceptors (Lipinski definition) is 2. The molecule has 0 amide bonds. The zero-order valence-corrected chi connectivity index (χ0v) is 11.2. The predicted molar refractivity (Wildman–Crippen MR) is 72.7 cm³/mol. The maximum atomic E-state index is 13.6. The Morgan fingerprint density at radius 3 is 2.75 bits per heavy atom. The molecule has 2 aromatic carbocycles. The molecule has 1 heterocycles. The van der Waals surface area contributed by atoms with E-state index < -0.39 is 11.6 Å². The number of benzene rings is 2. The molecule has 5 heteroatoms. The Bertz CT molecular complexity index is 797. The molecule has 20 heavy (non-hydrogen) atoms. The molecule has 2 nitrogen and oxygen atoms in total. The zero-order valence-electron chi connectivity index (χ0n) is 10.3. The van der Waals surface area contributed by atoms with E-state index in [0.717, 1.165) is 22.3 Å². The quantitative estimate of drug-likeness (QED) is 0.535. The van der Waals surface area contributed by atoms with Crippen molar-refractivity contribution in [2.45, 2.75) is 6.54 Å². The maximum absolute atomic E-state index is 13.6. The minimum atomic E-state index is -0.824. The van der Waals surface area contributed by atoms with Crippen LogP contribution in [0.4, 0.5) is 8.78 Å². The largest absolute Gasteiger partial charge is 0.287 e. The molecular weight excluding hydrogens is 280 g/mol. The highest BCUT2D eigenvalue weighted by Crippen LogP contribution is 2.16. The number of hydrogen-bond donors (Lipinski definition) is 0. The molecule has 0 atom stereocenters. The summed E-state index contributed by atoms with van der Waals surface area (Å²) < 4.78 is 29.2. The smallest absolute Gasteiger partial charge is 0.230 e. The van der Waals surface area contributed by atoms with Gasteiger partial charge in [-0.2, -0.15) is 4.57 Å². The number of thiazole rings is 1. The van der Waals surface area contributed by atoms with Gasteiger partial charge in [-0.3, -0.25) is 4.79 Å². The normalized spacial score (nSPS) is 10.9. The molecule has 0 aliphatic carbocycles. The summed E-state index contributed by atoms with van der Waals surface area (Å²) in [5.74, 6) is -1.89. The second kappa shape index (κ2) is 5.09. The SMILES string of the molecule is O=C(C[n+]1csc2ccccc21)c1ccc(F)cc1F. The zero-order chi connectivity index (χ0) is 14.1. The lowest BCUT2D eigenvalue weighted by Gasteiger charge is -1.99. The number of halogens is 2. The van der Waals surface area contributed by atoms with Crippen LogP contribution in [0.1, 0.15) is 10.4 Å². The van der Waals surface area contributed by atoms with E-state index in [1.807, 2.05) is 29.8 Å². The summed E-state index contributed by atoms with van der Waals surface area (Å²) in [5.41, 5.74) is 2.66. The van der Waals surface area contributed by atoms with Gasteiger partial charge >= 0.3 is 0 Å². The van der Waals surface area contributed by atoms with Crippen molar-refractivity contribution in [3.63, 3.8) is 0 Å². The van der Waals surface area contributed by atoms with Gasteiger partial charge in [0.2, 0.25) is 23.4 Å². The molecule has 0 saturated carbocycles. The third kappa shape index (κ3) is 2.32. The summed E-state index contributed by atoms with van der Waals surface area (Å²) in [5, 5.41) is 0. The first kappa shape index (κ1) is 12.9. The van der Waals surface area contributed by atoms with E-state index in [-0.39, 0.29) is 17.9 Å². The molecule has 0 saturated heterocycles. The van der Waals surface area contributed by atoms with Gasteiger partial charge < -0.3 is 0 Å². The molecule has 0 spiro atoms. The molecule has 1 aromatic heterocycles. The van der Waals surface area contributed by atoms with E-state index in [0.29, 0.717) is 0 Å². The van der Waals surface area contributed by atoms with Crippen molar-refractivity contribution < 1.29 is 18.1 Å². The summed E-state index contributed by atoms with van der Waals surface area (Å²) in [7, 11) is 0. The van der Waals surface area contributed by atoms with Crippen molar-refractivity contribution in [1.29, 1.82) is 0 Å². The highest BCUT2D eigenvalue weighted by Gasteiger charge is 2.19. The van der Waals surface area contributed by atoms with Crippen LogP contribution in [0.3, 0.4) is 0 Å². The van der Waals surface area contributed by atoms with Crippen LogP contribution in [0.2, 0.25) is 0 Å². The Balaban J connectivity index is 1.92. The van der Waals surface area contributed by atoms with E-state index in [4.69, 9.17) is 0 Å². The van der Waals surface area contributed by atoms with Crippen molar-refractivity contribution in [1.82, 2.24) is 0 Å². The fourth-order valence-corrected chi connectivity index (χ4v) is 2.94. The molecule has 0 N–H and O–H groups in total. The van der Waals surface area contributed by atoms with Crippen molar-refractivity contribution in [2.24, 2.45) is 0 Å². The van der Waals surface area contributed by atoms with Gasteiger partial charge in [0.15, 0.2) is 0 Å². The van der Waals surface area contributed by atoms with Crippen LogP contribution in [0.15, 0.2) is 48.0 Å². The molecule has 0 fully saturated rings. The first-order valence-corrected chi connectivity index (χ1v) is 6.87. The summed E-state index contributed by atoms with van der Waals surface area (Å²) in [4.78, 5) is 12.1. The Kier molecular flexibility index (Phi) is 3.28. The highest BCUT2D eigenvalue weighted by molar-refractivity contribution is 7.16. The molecule has 3 rings (SSSR count). The monoisotopic (exact) mass is 290 g/mol. The van der Waals surface area contributed by atoms with Gasteiger partial charge in [-0.1, -0.05) is 23.5 Å². The third-order valence-corrected chi connectivity index (χ3v) is 3.99. The average molecular weight is 290 g/mol. The van der Waals surface area contributed by atoms with Gasteiger partial charge in [0.25, 0.3) is 0 Å². The number of nitrogens with zero attached hydrogens (tertiary/aromatic N) is 1. The molecule has 0 unspecified atom stereocenters. The Morgan fingerprint density at radius 2 is 1.95 bits per heavy atom. The van der Waals surface area contributed by atoms with Crippen molar-refractivity contribution in [2.75, 3.05) is 0 Å². The van der Waals surface area contributed by atoms with Crippen LogP contribution in [-0.2, 0) is 6.54 Å². The molecule has 100 valence electrons. The number of Topliss-reactive ketones (excluding diaryl/α,β-unsaturated/α-hetero) is 1. The van der Waals surface area contributed by atoms with E-state index in [9.17, 15) is 13.6 Å². The fourth-order valence-electron chi connectivity index (χ4n) is 2.05. The molecular formula is C15H10F2NOS+. The van der Waals surface area contributed by atoms with E-state index >= 15 is 0 Å². The van der Waals surface area contributed by atoms with Gasteiger partial charge in [0.1, 0.15) is 16.3 Å². The van der Waals surface area contributed by atoms with E-state index in [1.54, 1.807) is 4.57 Å². The number of aromatic nitrogens is 1. The van der Waals surface area contributed by atoms with E-state index in [1.165, 1.54) is 17.4 Å². The van der Waals surface area contributed by atoms with Gasteiger partial charge in [-0.25, -0.2) is 8.78 Å². The molecule has 0 radical (unpaired) electrons. The third-order valence-electron chi connectivity index (χ3n) is 3.03. The van der Waals surface area contributed by atoms with Crippen molar-refractivity contribution >= 4 is 27.3 Å². The van der Waals surface area contributed by atoms with Gasteiger partial charge in [-0.15, -0.1) is 0 Å². The van der Waals surface area contributed by atoms with Crippen LogP contribution >= 0.6 is 11.3 Å². The van der Waals surface area contributed by atoms with Crippen LogP contribution in [-0.4, -0.2) is 5.78 Å². The lowest BCUT2D eigenvalue weighted by atomic mass is 10.1. The second-order valence-corrected chi connectivity index (χ2v) is 5.25. The lowest BCUT2D eigenvalue weighted by Crippen LogP contribution is -2.36. The Labute approximate surface area is 117 Å². The standard InChI is InChI=1S/C15H10F2NOS/c16-10-5-6-11(12(17)7-10)14(19)8-18-9-20-15-4-2-1-3-13(15)18/h1-7,9H,8H2/q+1. The second-order valence-electron chi connectivity index (χ2n) is 4.37. The lowest BCUT2D eigenvalue weighted by molar-refractivity contribution is -0.652. The Hall–Kier alpha value is -2.14. The minimum absolute atomic E-state index is 0.0343. The molecule has 0 bridgehead atoms. The summed E-state index contributed by atoms with van der Waals surface area (Å²) in [6.45, 7) is 0.0343. The first-order chi connectivity index (χ1) is 9.65. The number of carbonyl (C=O) groups excluding carboxylic acids is 1. The highest BCUT2D eigenvalue weighted by atomic mass is 32.1. The predicted octanol–water partition coefficient (Wildman–Crippen LogP) is 3.35. The fraction of sp³-hybridized carbons (Fsp3) is 0.0667. The van der Waals surface area contributed by atoms with Gasteiger partial charge in [0, 0.05) is 12.1 Å². The summed E-state index contributed by atoms with van der Waals surface area (Å²) in [6, 6.07) is 10.7. The van der Waals surface area contributed by atoms with Crippen LogP contribution in [0, 0.1) is 11.6 Å². The van der Waals surface area contributed by atoms with Crippen molar-refractivity contribution in [3.8, 4) is 0 Å². The van der Waals surface area contributed by atoms with Crippen molar-refractivity contribution in [3.05, 3.63) is 65.2 Å². The first-order valence-electron chi connectivity index (χ1n) is 5.99. The maximum Gasteiger partial charge on any atom is 0.230 e. The van der Waals surface area contributed by atoms with Crippen LogP contribution < -0.4 is 4.57 Å².